The molecule has 1 atom stereocenters. The SMILES string of the molecule is Cc1cccc2c1OCC(NC(=O)c1cc(Cc3ccccc3)on1)C(=O)N2. The lowest BCUT2D eigenvalue weighted by Gasteiger charge is -2.13. The average Bonchev–Trinajstić information content (AvgIpc) is 3.09. The zero-order chi connectivity index (χ0) is 19.5. The largest absolute Gasteiger partial charge is 0.488 e. The van der Waals surface area contributed by atoms with Gasteiger partial charge in [0.2, 0.25) is 0 Å². The third kappa shape index (κ3) is 3.73. The van der Waals surface area contributed by atoms with Crippen molar-refractivity contribution in [3.8, 4) is 5.75 Å². The number of anilines is 1. The van der Waals surface area contributed by atoms with E-state index in [1.807, 2.05) is 49.4 Å². The number of hydrogen-bond donors (Lipinski definition) is 2. The standard InChI is InChI=1S/C21H19N3O4/c1-13-6-5-9-16-19(13)27-12-18(21(26)22-16)23-20(25)17-11-15(28-24-17)10-14-7-3-2-4-8-14/h2-9,11,18H,10,12H2,1H3,(H,22,26)(H,23,25). The van der Waals surface area contributed by atoms with Crippen molar-refractivity contribution in [1.29, 1.82) is 0 Å². The number of para-hydroxylation sites is 1. The molecule has 0 spiro atoms. The van der Waals surface area contributed by atoms with Crippen molar-refractivity contribution in [1.82, 2.24) is 10.5 Å². The highest BCUT2D eigenvalue weighted by Gasteiger charge is 2.28. The second kappa shape index (κ2) is 7.56. The zero-order valence-electron chi connectivity index (χ0n) is 15.3. The first-order valence-electron chi connectivity index (χ1n) is 8.94. The molecule has 2 aromatic carbocycles. The molecule has 142 valence electrons. The van der Waals surface area contributed by atoms with Gasteiger partial charge in [0.25, 0.3) is 11.8 Å². The Morgan fingerprint density at radius 2 is 2.04 bits per heavy atom. The molecule has 2 amide bonds. The number of carbonyl (C=O) groups excluding carboxylic acids is 2. The minimum atomic E-state index is -0.839. The maximum atomic E-state index is 12.5. The third-order valence-electron chi connectivity index (χ3n) is 4.50. The number of benzene rings is 2. The second-order valence-electron chi connectivity index (χ2n) is 6.62. The Morgan fingerprint density at radius 3 is 2.86 bits per heavy atom. The van der Waals surface area contributed by atoms with E-state index in [0.717, 1.165) is 11.1 Å². The van der Waals surface area contributed by atoms with Gasteiger partial charge >= 0.3 is 0 Å². The number of nitrogens with zero attached hydrogens (tertiary/aromatic N) is 1. The molecule has 2 N–H and O–H groups in total. The molecule has 1 aliphatic heterocycles. The van der Waals surface area contributed by atoms with Crippen LogP contribution in [0.3, 0.4) is 0 Å². The lowest BCUT2D eigenvalue weighted by molar-refractivity contribution is -0.118. The van der Waals surface area contributed by atoms with Crippen LogP contribution in [0.4, 0.5) is 5.69 Å². The summed E-state index contributed by atoms with van der Waals surface area (Å²) in [6, 6.07) is 16.0. The summed E-state index contributed by atoms with van der Waals surface area (Å²) in [6.07, 6.45) is 0.530. The van der Waals surface area contributed by atoms with Gasteiger partial charge < -0.3 is 19.9 Å². The van der Waals surface area contributed by atoms with Crippen molar-refractivity contribution >= 4 is 17.5 Å². The van der Waals surface area contributed by atoms with E-state index in [0.29, 0.717) is 23.6 Å². The van der Waals surface area contributed by atoms with Crippen LogP contribution in [0.15, 0.2) is 59.1 Å². The number of ether oxygens (including phenoxy) is 1. The molecule has 7 nitrogen and oxygen atoms in total. The molecule has 1 unspecified atom stereocenters. The van der Waals surface area contributed by atoms with Crippen LogP contribution in [0.1, 0.15) is 27.4 Å². The molecule has 7 heteroatoms. The Balaban J connectivity index is 1.43. The normalized spacial score (nSPS) is 15.8. The highest BCUT2D eigenvalue weighted by atomic mass is 16.5. The Hall–Kier alpha value is -3.61. The van der Waals surface area contributed by atoms with Gasteiger partial charge in [-0.2, -0.15) is 0 Å². The predicted molar refractivity (Wildman–Crippen MR) is 102 cm³/mol. The second-order valence-corrected chi connectivity index (χ2v) is 6.62. The van der Waals surface area contributed by atoms with Crippen molar-refractivity contribution in [3.05, 3.63) is 77.2 Å². The molecule has 1 aliphatic rings. The number of nitrogens with one attached hydrogen (secondary N) is 2. The summed E-state index contributed by atoms with van der Waals surface area (Å²) in [6.45, 7) is 1.93. The molecule has 1 aromatic heterocycles. The van der Waals surface area contributed by atoms with Crippen LogP contribution in [0.25, 0.3) is 0 Å². The first-order valence-corrected chi connectivity index (χ1v) is 8.94. The lowest BCUT2D eigenvalue weighted by atomic mass is 10.1. The molecule has 3 aromatic rings. The fourth-order valence-corrected chi connectivity index (χ4v) is 3.04. The van der Waals surface area contributed by atoms with Crippen LogP contribution in [0.5, 0.6) is 5.75 Å². The topological polar surface area (TPSA) is 93.5 Å². The lowest BCUT2D eigenvalue weighted by Crippen LogP contribution is -2.46. The third-order valence-corrected chi connectivity index (χ3v) is 4.50. The molecule has 0 fully saturated rings. The fourth-order valence-electron chi connectivity index (χ4n) is 3.04. The summed E-state index contributed by atoms with van der Waals surface area (Å²) in [5.41, 5.74) is 2.67. The Kier molecular flexibility index (Phi) is 4.80. The van der Waals surface area contributed by atoms with E-state index in [-0.39, 0.29) is 18.2 Å². The molecular formula is C21H19N3O4. The maximum absolute atomic E-state index is 12.5. The molecular weight excluding hydrogens is 358 g/mol. The van der Waals surface area contributed by atoms with Crippen molar-refractivity contribution < 1.29 is 18.8 Å². The Morgan fingerprint density at radius 1 is 1.21 bits per heavy atom. The summed E-state index contributed by atoms with van der Waals surface area (Å²) in [5.74, 6) is 0.348. The number of fused-ring (bicyclic) bond motifs is 1. The van der Waals surface area contributed by atoms with E-state index >= 15 is 0 Å². The van der Waals surface area contributed by atoms with Crippen LogP contribution >= 0.6 is 0 Å². The van der Waals surface area contributed by atoms with E-state index in [1.165, 1.54) is 0 Å². The van der Waals surface area contributed by atoms with Gasteiger partial charge in [0.1, 0.15) is 24.2 Å². The summed E-state index contributed by atoms with van der Waals surface area (Å²) in [5, 5.41) is 9.26. The first-order chi connectivity index (χ1) is 13.6. The fraction of sp³-hybridized carbons (Fsp3) is 0.190. The monoisotopic (exact) mass is 377 g/mol. The van der Waals surface area contributed by atoms with E-state index in [9.17, 15) is 9.59 Å². The molecule has 4 rings (SSSR count). The summed E-state index contributed by atoms with van der Waals surface area (Å²) < 4.78 is 11.0. The quantitative estimate of drug-likeness (QED) is 0.729. The van der Waals surface area contributed by atoms with Crippen LogP contribution < -0.4 is 15.4 Å². The Bertz CT molecular complexity index is 1010. The van der Waals surface area contributed by atoms with Crippen molar-refractivity contribution in [3.63, 3.8) is 0 Å². The molecule has 0 saturated heterocycles. The van der Waals surface area contributed by atoms with Crippen molar-refractivity contribution in [2.75, 3.05) is 11.9 Å². The zero-order valence-corrected chi connectivity index (χ0v) is 15.3. The number of hydrogen-bond acceptors (Lipinski definition) is 5. The van der Waals surface area contributed by atoms with E-state index < -0.39 is 11.9 Å². The minimum Gasteiger partial charge on any atom is -0.488 e. The van der Waals surface area contributed by atoms with Crippen molar-refractivity contribution in [2.24, 2.45) is 0 Å². The highest BCUT2D eigenvalue weighted by Crippen LogP contribution is 2.30. The van der Waals surface area contributed by atoms with Gasteiger partial charge in [-0.3, -0.25) is 9.59 Å². The number of aryl methyl sites for hydroxylation is 1. The van der Waals surface area contributed by atoms with E-state index in [1.54, 1.807) is 12.1 Å². The molecule has 28 heavy (non-hydrogen) atoms. The van der Waals surface area contributed by atoms with Crippen LogP contribution in [-0.2, 0) is 11.2 Å². The van der Waals surface area contributed by atoms with Crippen molar-refractivity contribution in [2.45, 2.75) is 19.4 Å². The summed E-state index contributed by atoms with van der Waals surface area (Å²) in [4.78, 5) is 25.0. The van der Waals surface area contributed by atoms with E-state index in [4.69, 9.17) is 9.26 Å². The molecule has 2 heterocycles. The van der Waals surface area contributed by atoms with Crippen LogP contribution in [0.2, 0.25) is 0 Å². The average molecular weight is 377 g/mol. The van der Waals surface area contributed by atoms with E-state index in [2.05, 4.69) is 15.8 Å². The van der Waals surface area contributed by atoms with Crippen LogP contribution in [0, 0.1) is 6.92 Å². The van der Waals surface area contributed by atoms with Gasteiger partial charge in [0.05, 0.1) is 5.69 Å². The molecule has 0 radical (unpaired) electrons. The van der Waals surface area contributed by atoms with Gasteiger partial charge in [-0.15, -0.1) is 0 Å². The molecule has 0 saturated carbocycles. The minimum absolute atomic E-state index is 0.0319. The van der Waals surface area contributed by atoms with Gasteiger partial charge in [-0.05, 0) is 24.1 Å². The van der Waals surface area contributed by atoms with Gasteiger partial charge in [-0.25, -0.2) is 0 Å². The Labute approximate surface area is 161 Å². The highest BCUT2D eigenvalue weighted by molar-refractivity contribution is 6.01. The maximum Gasteiger partial charge on any atom is 0.274 e. The molecule has 0 aliphatic carbocycles. The summed E-state index contributed by atoms with van der Waals surface area (Å²) in [7, 11) is 0. The molecule has 0 bridgehead atoms. The number of carbonyl (C=O) groups is 2. The number of aromatic nitrogens is 1. The smallest absolute Gasteiger partial charge is 0.274 e. The van der Waals surface area contributed by atoms with Crippen LogP contribution in [-0.4, -0.2) is 29.6 Å². The summed E-state index contributed by atoms with van der Waals surface area (Å²) >= 11 is 0. The van der Waals surface area contributed by atoms with Gasteiger partial charge in [-0.1, -0.05) is 47.6 Å². The number of rotatable bonds is 4. The predicted octanol–water partition coefficient (Wildman–Crippen LogP) is 2.70. The van der Waals surface area contributed by atoms with Gasteiger partial charge in [0, 0.05) is 12.5 Å². The number of amides is 2. The first kappa shape index (κ1) is 17.8. The van der Waals surface area contributed by atoms with Gasteiger partial charge in [0.15, 0.2) is 5.69 Å².